The molecule has 0 radical (unpaired) electrons. The van der Waals surface area contributed by atoms with Crippen LogP contribution in [0.5, 0.6) is 0 Å². The van der Waals surface area contributed by atoms with E-state index in [4.69, 9.17) is 0 Å². The van der Waals surface area contributed by atoms with Crippen LogP contribution in [-0.4, -0.2) is 49.1 Å². The maximum Gasteiger partial charge on any atom is 0.237 e. The lowest BCUT2D eigenvalue weighted by atomic mass is 9.85. The molecule has 2 aliphatic heterocycles. The standard InChI is InChI=1S/C18H33N3O.2ClH/c1-13(2)11-21-8-7-14(12-21)10-19-18(22)17-9-15-5-3-4-6-16(15)20-17;;/h13-17,20H,3-12H2,1-2H3,(H,19,22);2*1H. The van der Waals surface area contributed by atoms with Gasteiger partial charge in [-0.3, -0.25) is 4.79 Å². The number of hydrogen-bond acceptors (Lipinski definition) is 3. The Labute approximate surface area is 159 Å². The molecule has 4 nitrogen and oxygen atoms in total. The summed E-state index contributed by atoms with van der Waals surface area (Å²) >= 11 is 0. The Kier molecular flexibility index (Phi) is 9.35. The van der Waals surface area contributed by atoms with E-state index in [1.54, 1.807) is 0 Å². The lowest BCUT2D eigenvalue weighted by Gasteiger charge is -2.24. The van der Waals surface area contributed by atoms with Crippen molar-refractivity contribution in [2.45, 2.75) is 64.5 Å². The maximum absolute atomic E-state index is 12.4. The molecule has 3 rings (SSSR count). The van der Waals surface area contributed by atoms with Gasteiger partial charge >= 0.3 is 0 Å². The summed E-state index contributed by atoms with van der Waals surface area (Å²) in [7, 11) is 0. The number of amides is 1. The summed E-state index contributed by atoms with van der Waals surface area (Å²) in [6, 6.07) is 0.679. The van der Waals surface area contributed by atoms with Gasteiger partial charge in [-0.2, -0.15) is 0 Å². The Morgan fingerprint density at radius 3 is 2.67 bits per heavy atom. The zero-order valence-electron chi connectivity index (χ0n) is 15.1. The monoisotopic (exact) mass is 379 g/mol. The Hall–Kier alpha value is -0.0300. The zero-order valence-corrected chi connectivity index (χ0v) is 16.8. The highest BCUT2D eigenvalue weighted by molar-refractivity contribution is 5.85. The van der Waals surface area contributed by atoms with Gasteiger partial charge in [-0.1, -0.05) is 26.7 Å². The largest absolute Gasteiger partial charge is 0.354 e. The van der Waals surface area contributed by atoms with Crippen molar-refractivity contribution >= 4 is 30.7 Å². The molecule has 4 atom stereocenters. The molecule has 142 valence electrons. The predicted octanol–water partition coefficient (Wildman–Crippen LogP) is 2.84. The van der Waals surface area contributed by atoms with Gasteiger partial charge in [0.05, 0.1) is 6.04 Å². The van der Waals surface area contributed by atoms with E-state index < -0.39 is 0 Å². The van der Waals surface area contributed by atoms with Gasteiger partial charge in [0.2, 0.25) is 5.91 Å². The number of fused-ring (bicyclic) bond motifs is 1. The van der Waals surface area contributed by atoms with E-state index >= 15 is 0 Å². The molecule has 4 unspecified atom stereocenters. The van der Waals surface area contributed by atoms with Crippen molar-refractivity contribution in [3.63, 3.8) is 0 Å². The fourth-order valence-electron chi connectivity index (χ4n) is 4.65. The van der Waals surface area contributed by atoms with Gasteiger partial charge in [-0.05, 0) is 50.0 Å². The highest BCUT2D eigenvalue weighted by Gasteiger charge is 2.38. The molecule has 2 heterocycles. The van der Waals surface area contributed by atoms with Crippen LogP contribution >= 0.6 is 24.8 Å². The number of likely N-dealkylation sites (tertiary alicyclic amines) is 1. The van der Waals surface area contributed by atoms with Crippen LogP contribution in [0.1, 0.15) is 52.4 Å². The van der Waals surface area contributed by atoms with Crippen LogP contribution in [0.2, 0.25) is 0 Å². The molecule has 3 aliphatic rings. The second-order valence-electron chi connectivity index (χ2n) is 8.16. The Morgan fingerprint density at radius 2 is 1.96 bits per heavy atom. The molecule has 0 bridgehead atoms. The Morgan fingerprint density at radius 1 is 1.21 bits per heavy atom. The van der Waals surface area contributed by atoms with Crippen LogP contribution in [0.3, 0.4) is 0 Å². The zero-order chi connectivity index (χ0) is 15.5. The summed E-state index contributed by atoms with van der Waals surface area (Å²) in [6.07, 6.45) is 7.55. The smallest absolute Gasteiger partial charge is 0.237 e. The van der Waals surface area contributed by atoms with Crippen molar-refractivity contribution in [3.8, 4) is 0 Å². The third-order valence-electron chi connectivity index (χ3n) is 5.74. The van der Waals surface area contributed by atoms with E-state index in [1.165, 1.54) is 45.2 Å². The lowest BCUT2D eigenvalue weighted by Crippen LogP contribution is -2.44. The van der Waals surface area contributed by atoms with Gasteiger partial charge in [0.15, 0.2) is 0 Å². The third-order valence-corrected chi connectivity index (χ3v) is 5.74. The summed E-state index contributed by atoms with van der Waals surface area (Å²) in [4.78, 5) is 15.0. The van der Waals surface area contributed by atoms with Gasteiger partial charge in [0.1, 0.15) is 0 Å². The summed E-state index contributed by atoms with van der Waals surface area (Å²) in [5, 5.41) is 6.80. The summed E-state index contributed by atoms with van der Waals surface area (Å²) in [6.45, 7) is 8.96. The second kappa shape index (κ2) is 10.2. The van der Waals surface area contributed by atoms with Crippen LogP contribution in [0.4, 0.5) is 0 Å². The Balaban J connectivity index is 0.00000144. The van der Waals surface area contributed by atoms with Crippen LogP contribution in [-0.2, 0) is 4.79 Å². The van der Waals surface area contributed by atoms with Gasteiger partial charge in [0.25, 0.3) is 0 Å². The molecule has 2 saturated heterocycles. The van der Waals surface area contributed by atoms with E-state index in [2.05, 4.69) is 29.4 Å². The highest BCUT2D eigenvalue weighted by Crippen LogP contribution is 2.33. The number of halogens is 2. The van der Waals surface area contributed by atoms with Crippen molar-refractivity contribution in [1.29, 1.82) is 0 Å². The topological polar surface area (TPSA) is 44.4 Å². The minimum atomic E-state index is 0. The molecule has 3 fully saturated rings. The van der Waals surface area contributed by atoms with E-state index in [9.17, 15) is 4.79 Å². The molecular weight excluding hydrogens is 345 g/mol. The maximum atomic E-state index is 12.4. The van der Waals surface area contributed by atoms with Gasteiger partial charge in [-0.15, -0.1) is 24.8 Å². The van der Waals surface area contributed by atoms with Crippen LogP contribution in [0, 0.1) is 17.8 Å². The third kappa shape index (κ3) is 5.76. The molecule has 6 heteroatoms. The molecule has 0 spiro atoms. The fraction of sp³-hybridized carbons (Fsp3) is 0.944. The molecule has 2 N–H and O–H groups in total. The summed E-state index contributed by atoms with van der Waals surface area (Å²) in [5.74, 6) is 2.37. The van der Waals surface area contributed by atoms with E-state index in [-0.39, 0.29) is 36.8 Å². The lowest BCUT2D eigenvalue weighted by molar-refractivity contribution is -0.123. The first-order valence-corrected chi connectivity index (χ1v) is 9.38. The number of carbonyl (C=O) groups excluding carboxylic acids is 1. The summed E-state index contributed by atoms with van der Waals surface area (Å²) in [5.41, 5.74) is 0. The highest BCUT2D eigenvalue weighted by atomic mass is 35.5. The average molecular weight is 380 g/mol. The molecule has 1 aliphatic carbocycles. The van der Waals surface area contributed by atoms with Gasteiger partial charge in [-0.25, -0.2) is 0 Å². The minimum absolute atomic E-state index is 0. The van der Waals surface area contributed by atoms with Crippen molar-refractivity contribution in [2.24, 2.45) is 17.8 Å². The van der Waals surface area contributed by atoms with Crippen LogP contribution in [0.25, 0.3) is 0 Å². The van der Waals surface area contributed by atoms with E-state index in [1.807, 2.05) is 0 Å². The quantitative estimate of drug-likeness (QED) is 0.771. The summed E-state index contributed by atoms with van der Waals surface area (Å²) < 4.78 is 0. The van der Waals surface area contributed by atoms with Crippen molar-refractivity contribution in [1.82, 2.24) is 15.5 Å². The molecular formula is C18H35Cl2N3O. The molecule has 0 aromatic carbocycles. The number of nitrogens with zero attached hydrogens (tertiary/aromatic N) is 1. The number of rotatable bonds is 5. The molecule has 24 heavy (non-hydrogen) atoms. The SMILES string of the molecule is CC(C)CN1CCC(CNC(=O)C2CC3CCCCC3N2)C1.Cl.Cl. The normalized spacial score (nSPS) is 32.8. The minimum Gasteiger partial charge on any atom is -0.354 e. The van der Waals surface area contributed by atoms with Crippen LogP contribution in [0.15, 0.2) is 0 Å². The van der Waals surface area contributed by atoms with Crippen molar-refractivity contribution in [3.05, 3.63) is 0 Å². The first-order valence-electron chi connectivity index (χ1n) is 9.38. The molecule has 0 aromatic rings. The number of nitrogens with one attached hydrogen (secondary N) is 2. The molecule has 1 amide bonds. The average Bonchev–Trinajstić information content (AvgIpc) is 3.10. The predicted molar refractivity (Wildman–Crippen MR) is 104 cm³/mol. The first-order chi connectivity index (χ1) is 10.6. The first kappa shape index (κ1) is 22.0. The van der Waals surface area contributed by atoms with Gasteiger partial charge < -0.3 is 15.5 Å². The number of carbonyl (C=O) groups is 1. The van der Waals surface area contributed by atoms with Crippen LogP contribution < -0.4 is 10.6 Å². The Bertz CT molecular complexity index is 380. The van der Waals surface area contributed by atoms with E-state index in [0.717, 1.165) is 31.3 Å². The fourth-order valence-corrected chi connectivity index (χ4v) is 4.65. The van der Waals surface area contributed by atoms with Crippen molar-refractivity contribution < 1.29 is 4.79 Å². The molecule has 1 saturated carbocycles. The van der Waals surface area contributed by atoms with Gasteiger partial charge in [0, 0.05) is 25.7 Å². The number of hydrogen-bond donors (Lipinski definition) is 2. The van der Waals surface area contributed by atoms with E-state index in [0.29, 0.717) is 12.0 Å². The van der Waals surface area contributed by atoms with Crippen molar-refractivity contribution in [2.75, 3.05) is 26.2 Å². The second-order valence-corrected chi connectivity index (χ2v) is 8.16. The molecule has 0 aromatic heterocycles.